The first kappa shape index (κ1) is 14.5. The third-order valence-electron chi connectivity index (χ3n) is 3.34. The average molecular weight is 270 g/mol. The molecular weight excluding hydrogens is 248 g/mol. The Balaban J connectivity index is 2.48. The van der Waals surface area contributed by atoms with Crippen LogP contribution >= 0.6 is 0 Å². The average Bonchev–Trinajstić information content (AvgIpc) is 2.49. The van der Waals surface area contributed by atoms with Gasteiger partial charge >= 0.3 is 0 Å². The third kappa shape index (κ3) is 3.17. The molecule has 1 heterocycles. The van der Waals surface area contributed by atoms with Gasteiger partial charge in [0, 0.05) is 18.7 Å². The van der Waals surface area contributed by atoms with Gasteiger partial charge in [-0.1, -0.05) is 50.2 Å². The van der Waals surface area contributed by atoms with Crippen molar-refractivity contribution < 1.29 is 0 Å². The second kappa shape index (κ2) is 7.06. The van der Waals surface area contributed by atoms with Crippen LogP contribution in [0.1, 0.15) is 25.8 Å². The van der Waals surface area contributed by atoms with Gasteiger partial charge in [-0.25, -0.2) is 0 Å². The maximum atomic E-state index is 12.6. The lowest BCUT2D eigenvalue weighted by atomic mass is 10.1. The Labute approximate surface area is 120 Å². The largest absolute Gasteiger partial charge is 0.313 e. The molecule has 20 heavy (non-hydrogen) atoms. The van der Waals surface area contributed by atoms with Crippen LogP contribution in [0.5, 0.6) is 0 Å². The second-order valence-corrected chi connectivity index (χ2v) is 4.85. The topological polar surface area (TPSA) is 34.0 Å². The van der Waals surface area contributed by atoms with Crippen LogP contribution in [0.4, 0.5) is 0 Å². The van der Waals surface area contributed by atoms with E-state index in [2.05, 4.69) is 18.3 Å². The van der Waals surface area contributed by atoms with E-state index in [9.17, 15) is 4.79 Å². The van der Waals surface area contributed by atoms with Crippen molar-refractivity contribution in [3.8, 4) is 11.3 Å². The Morgan fingerprint density at radius 1 is 1.05 bits per heavy atom. The molecule has 0 fully saturated rings. The Kier molecular flexibility index (Phi) is 5.13. The highest BCUT2D eigenvalue weighted by Crippen LogP contribution is 2.18. The minimum atomic E-state index is 0.120. The summed E-state index contributed by atoms with van der Waals surface area (Å²) in [6, 6.07) is 14.1. The molecule has 2 rings (SSSR count). The van der Waals surface area contributed by atoms with Gasteiger partial charge in [0.25, 0.3) is 5.56 Å². The molecule has 2 aromatic rings. The van der Waals surface area contributed by atoms with Crippen molar-refractivity contribution in [2.24, 2.45) is 0 Å². The van der Waals surface area contributed by atoms with E-state index < -0.39 is 0 Å². The molecule has 0 atom stereocenters. The number of hydrogen-bond acceptors (Lipinski definition) is 2. The zero-order valence-corrected chi connectivity index (χ0v) is 12.2. The number of nitrogens with zero attached hydrogens (tertiary/aromatic N) is 1. The molecule has 3 heteroatoms. The highest BCUT2D eigenvalue weighted by atomic mass is 16.1. The summed E-state index contributed by atoms with van der Waals surface area (Å²) in [5, 5.41) is 3.22. The lowest BCUT2D eigenvalue weighted by Crippen LogP contribution is -2.28. The van der Waals surface area contributed by atoms with Gasteiger partial charge < -0.3 is 9.88 Å². The Morgan fingerprint density at radius 2 is 1.80 bits per heavy atom. The molecule has 0 aliphatic heterocycles. The summed E-state index contributed by atoms with van der Waals surface area (Å²) in [5.74, 6) is 0. The first-order chi connectivity index (χ1) is 9.77. The minimum absolute atomic E-state index is 0.120. The number of hydrogen-bond donors (Lipinski definition) is 1. The fraction of sp³-hybridized carbons (Fsp3) is 0.353. The molecule has 0 spiro atoms. The standard InChI is InChI=1S/C17H22N2O/c1-3-12-19-16(14-8-6-5-7-9-14)11-10-15(17(19)20)13-18-4-2/h5-11,18H,3-4,12-13H2,1-2H3. The molecular formula is C17H22N2O. The van der Waals surface area contributed by atoms with E-state index in [0.29, 0.717) is 6.54 Å². The number of rotatable bonds is 6. The van der Waals surface area contributed by atoms with Gasteiger partial charge in [0.1, 0.15) is 0 Å². The SMILES string of the molecule is CCCn1c(-c2ccccc2)ccc(CNCC)c1=O. The first-order valence-electron chi connectivity index (χ1n) is 7.26. The van der Waals surface area contributed by atoms with Gasteiger partial charge in [-0.3, -0.25) is 4.79 Å². The van der Waals surface area contributed by atoms with E-state index in [4.69, 9.17) is 0 Å². The molecule has 1 aromatic heterocycles. The van der Waals surface area contributed by atoms with Crippen molar-refractivity contribution in [2.45, 2.75) is 33.4 Å². The Morgan fingerprint density at radius 3 is 2.45 bits per heavy atom. The maximum absolute atomic E-state index is 12.6. The highest BCUT2D eigenvalue weighted by molar-refractivity contribution is 5.59. The summed E-state index contributed by atoms with van der Waals surface area (Å²) < 4.78 is 1.89. The molecule has 0 amide bonds. The van der Waals surface area contributed by atoms with E-state index >= 15 is 0 Å². The maximum Gasteiger partial charge on any atom is 0.255 e. The van der Waals surface area contributed by atoms with E-state index in [1.165, 1.54) is 0 Å². The van der Waals surface area contributed by atoms with Crippen molar-refractivity contribution in [3.05, 3.63) is 58.4 Å². The van der Waals surface area contributed by atoms with Gasteiger partial charge in [-0.2, -0.15) is 0 Å². The quantitative estimate of drug-likeness (QED) is 0.875. The lowest BCUT2D eigenvalue weighted by molar-refractivity contribution is 0.640. The van der Waals surface area contributed by atoms with Crippen LogP contribution in [-0.4, -0.2) is 11.1 Å². The van der Waals surface area contributed by atoms with Crippen molar-refractivity contribution in [3.63, 3.8) is 0 Å². The molecule has 0 aliphatic carbocycles. The molecule has 106 valence electrons. The molecule has 0 aliphatic rings. The van der Waals surface area contributed by atoms with Gasteiger partial charge in [0.2, 0.25) is 0 Å². The van der Waals surface area contributed by atoms with Crippen molar-refractivity contribution >= 4 is 0 Å². The van der Waals surface area contributed by atoms with Gasteiger partial charge in [0.05, 0.1) is 5.69 Å². The first-order valence-corrected chi connectivity index (χ1v) is 7.26. The summed E-state index contributed by atoms with van der Waals surface area (Å²) in [6.45, 7) is 6.39. The van der Waals surface area contributed by atoms with Gasteiger partial charge in [-0.05, 0) is 24.6 Å². The molecule has 0 bridgehead atoms. The predicted molar refractivity (Wildman–Crippen MR) is 83.8 cm³/mol. The monoisotopic (exact) mass is 270 g/mol. The van der Waals surface area contributed by atoms with E-state index in [0.717, 1.165) is 36.3 Å². The van der Waals surface area contributed by atoms with Crippen molar-refractivity contribution in [2.75, 3.05) is 6.54 Å². The normalized spacial score (nSPS) is 10.7. The van der Waals surface area contributed by atoms with Gasteiger partial charge in [0.15, 0.2) is 0 Å². The summed E-state index contributed by atoms with van der Waals surface area (Å²) in [6.07, 6.45) is 0.949. The lowest BCUT2D eigenvalue weighted by Gasteiger charge is -2.14. The summed E-state index contributed by atoms with van der Waals surface area (Å²) >= 11 is 0. The third-order valence-corrected chi connectivity index (χ3v) is 3.34. The summed E-state index contributed by atoms with van der Waals surface area (Å²) in [4.78, 5) is 12.6. The highest BCUT2D eigenvalue weighted by Gasteiger charge is 2.09. The fourth-order valence-electron chi connectivity index (χ4n) is 2.32. The van der Waals surface area contributed by atoms with Crippen LogP contribution in [0.25, 0.3) is 11.3 Å². The molecule has 1 N–H and O–H groups in total. The van der Waals surface area contributed by atoms with E-state index in [1.54, 1.807) is 0 Å². The van der Waals surface area contributed by atoms with Crippen LogP contribution < -0.4 is 10.9 Å². The van der Waals surface area contributed by atoms with E-state index in [-0.39, 0.29) is 5.56 Å². The van der Waals surface area contributed by atoms with Crippen LogP contribution in [0.2, 0.25) is 0 Å². The zero-order valence-electron chi connectivity index (χ0n) is 12.2. The Hall–Kier alpha value is -1.87. The molecule has 0 unspecified atom stereocenters. The Bertz CT molecular complexity index is 602. The number of aromatic nitrogens is 1. The minimum Gasteiger partial charge on any atom is -0.313 e. The predicted octanol–water partition coefficient (Wildman–Crippen LogP) is 3.03. The second-order valence-electron chi connectivity index (χ2n) is 4.85. The molecule has 0 saturated heterocycles. The summed E-state index contributed by atoms with van der Waals surface area (Å²) in [5.41, 5.74) is 3.04. The number of nitrogens with one attached hydrogen (secondary N) is 1. The number of benzene rings is 1. The fourth-order valence-corrected chi connectivity index (χ4v) is 2.32. The van der Waals surface area contributed by atoms with Crippen molar-refractivity contribution in [1.29, 1.82) is 0 Å². The van der Waals surface area contributed by atoms with Gasteiger partial charge in [-0.15, -0.1) is 0 Å². The smallest absolute Gasteiger partial charge is 0.255 e. The van der Waals surface area contributed by atoms with Crippen molar-refractivity contribution in [1.82, 2.24) is 9.88 Å². The van der Waals surface area contributed by atoms with E-state index in [1.807, 2.05) is 47.9 Å². The van der Waals surface area contributed by atoms with Crippen LogP contribution in [-0.2, 0) is 13.1 Å². The van der Waals surface area contributed by atoms with Crippen LogP contribution in [0, 0.1) is 0 Å². The molecule has 0 saturated carbocycles. The molecule has 0 radical (unpaired) electrons. The van der Waals surface area contributed by atoms with Crippen LogP contribution in [0.15, 0.2) is 47.3 Å². The summed E-state index contributed by atoms with van der Waals surface area (Å²) in [7, 11) is 0. The zero-order chi connectivity index (χ0) is 14.4. The number of pyridine rings is 1. The van der Waals surface area contributed by atoms with Crippen LogP contribution in [0.3, 0.4) is 0 Å². The molecule has 3 nitrogen and oxygen atoms in total. The molecule has 1 aromatic carbocycles.